The van der Waals surface area contributed by atoms with Gasteiger partial charge in [-0.2, -0.15) is 0 Å². The fourth-order valence-electron chi connectivity index (χ4n) is 5.72. The van der Waals surface area contributed by atoms with Gasteiger partial charge in [0.25, 0.3) is 0 Å². The topological polar surface area (TPSA) is 155 Å². The van der Waals surface area contributed by atoms with Gasteiger partial charge in [0, 0.05) is 13.0 Å². The fraction of sp³-hybridized carbons (Fsp3) is 0.947. The number of unbranched alkanes of at least 4 members (excludes halogenated alkanes) is 25. The SMILES string of the molecule is CCCCCCCCCCCCCCCCCCC(=O)OC(COCCCCCCCCCCCCC)COP(=O)(O)OCC(N)C(=O)O. The maximum atomic E-state index is 12.6. The monoisotopic (exact) mass is 722 g/mol. The summed E-state index contributed by atoms with van der Waals surface area (Å²) < 4.78 is 33.2. The Morgan fingerprint density at radius 1 is 0.571 bits per heavy atom. The zero-order valence-corrected chi connectivity index (χ0v) is 32.5. The molecular weight excluding hydrogens is 645 g/mol. The Kier molecular flexibility index (Phi) is 34.6. The van der Waals surface area contributed by atoms with Crippen LogP contribution in [-0.2, 0) is 32.7 Å². The number of hydrogen-bond donors (Lipinski definition) is 3. The van der Waals surface area contributed by atoms with Crippen molar-refractivity contribution in [2.75, 3.05) is 26.4 Å². The van der Waals surface area contributed by atoms with E-state index in [-0.39, 0.29) is 13.0 Å². The quantitative estimate of drug-likeness (QED) is 0.0317. The molecule has 0 aliphatic carbocycles. The molecule has 3 unspecified atom stereocenters. The number of carbonyl (C=O) groups is 2. The third-order valence-corrected chi connectivity index (χ3v) is 9.84. The second-order valence-corrected chi connectivity index (χ2v) is 15.2. The van der Waals surface area contributed by atoms with Crippen LogP contribution in [0.4, 0.5) is 0 Å². The summed E-state index contributed by atoms with van der Waals surface area (Å²) in [5, 5.41) is 8.86. The van der Waals surface area contributed by atoms with Crippen LogP contribution >= 0.6 is 7.82 Å². The number of aliphatic carboxylic acids is 1. The molecule has 0 bridgehead atoms. The highest BCUT2D eigenvalue weighted by molar-refractivity contribution is 7.47. The van der Waals surface area contributed by atoms with Crippen molar-refractivity contribution < 1.29 is 42.7 Å². The van der Waals surface area contributed by atoms with Crippen molar-refractivity contribution in [3.63, 3.8) is 0 Å². The smallest absolute Gasteiger partial charge is 0.472 e. The van der Waals surface area contributed by atoms with Gasteiger partial charge in [0.1, 0.15) is 12.1 Å². The second-order valence-electron chi connectivity index (χ2n) is 13.8. The zero-order chi connectivity index (χ0) is 36.3. The van der Waals surface area contributed by atoms with Crippen LogP contribution in [0.2, 0.25) is 0 Å². The third kappa shape index (κ3) is 35.2. The average molecular weight is 722 g/mol. The van der Waals surface area contributed by atoms with E-state index in [0.717, 1.165) is 38.5 Å². The first kappa shape index (κ1) is 48.0. The Morgan fingerprint density at radius 2 is 0.939 bits per heavy atom. The highest BCUT2D eigenvalue weighted by Crippen LogP contribution is 2.43. The van der Waals surface area contributed by atoms with E-state index in [4.69, 9.17) is 29.4 Å². The molecule has 0 heterocycles. The van der Waals surface area contributed by atoms with Crippen molar-refractivity contribution in [2.45, 2.75) is 206 Å². The van der Waals surface area contributed by atoms with E-state index < -0.39 is 45.1 Å². The Bertz CT molecular complexity index is 801. The van der Waals surface area contributed by atoms with Crippen LogP contribution < -0.4 is 5.73 Å². The molecule has 49 heavy (non-hydrogen) atoms. The molecule has 0 aromatic heterocycles. The van der Waals surface area contributed by atoms with Gasteiger partial charge in [-0.3, -0.25) is 18.6 Å². The van der Waals surface area contributed by atoms with Crippen LogP contribution in [0, 0.1) is 0 Å². The minimum Gasteiger partial charge on any atom is -0.480 e. The Hall–Kier alpha value is -1.03. The van der Waals surface area contributed by atoms with Crippen LogP contribution in [-0.4, -0.2) is 60.5 Å². The maximum Gasteiger partial charge on any atom is 0.472 e. The largest absolute Gasteiger partial charge is 0.480 e. The van der Waals surface area contributed by atoms with Gasteiger partial charge < -0.3 is 25.2 Å². The van der Waals surface area contributed by atoms with Gasteiger partial charge in [0.05, 0.1) is 19.8 Å². The van der Waals surface area contributed by atoms with Gasteiger partial charge in [-0.25, -0.2) is 4.57 Å². The van der Waals surface area contributed by atoms with E-state index in [2.05, 4.69) is 13.8 Å². The average Bonchev–Trinajstić information content (AvgIpc) is 3.07. The molecule has 292 valence electrons. The highest BCUT2D eigenvalue weighted by atomic mass is 31.2. The van der Waals surface area contributed by atoms with E-state index in [0.29, 0.717) is 6.61 Å². The summed E-state index contributed by atoms with van der Waals surface area (Å²) in [6.45, 7) is 3.90. The maximum absolute atomic E-state index is 12.6. The van der Waals surface area contributed by atoms with Crippen LogP contribution in [0.5, 0.6) is 0 Å². The predicted molar refractivity (Wildman–Crippen MR) is 199 cm³/mol. The normalized spacial score (nSPS) is 14.0. The Labute approximate surface area is 299 Å². The number of carbonyl (C=O) groups excluding carboxylic acids is 1. The van der Waals surface area contributed by atoms with Gasteiger partial charge in [-0.05, 0) is 12.8 Å². The highest BCUT2D eigenvalue weighted by Gasteiger charge is 2.27. The minimum atomic E-state index is -4.60. The van der Waals surface area contributed by atoms with Gasteiger partial charge in [0.15, 0.2) is 0 Å². The standard InChI is InChI=1S/C38H76NO9P/c1-3-5-7-9-11-13-15-16-17-18-19-20-22-24-26-28-30-37(40)48-35(33-46-49(43,44)47-34-36(39)38(41)42)32-45-31-29-27-25-23-21-14-12-10-8-6-4-2/h35-36H,3-34,39H2,1-2H3,(H,41,42)(H,43,44). The molecule has 0 saturated heterocycles. The first-order valence-corrected chi connectivity index (χ1v) is 21.6. The lowest BCUT2D eigenvalue weighted by Gasteiger charge is -2.20. The number of phosphoric ester groups is 1. The molecular formula is C38H76NO9P. The summed E-state index contributed by atoms with van der Waals surface area (Å²) in [6, 6.07) is -1.47. The summed E-state index contributed by atoms with van der Waals surface area (Å²) in [6.07, 6.45) is 32.9. The number of esters is 1. The summed E-state index contributed by atoms with van der Waals surface area (Å²) in [7, 11) is -4.60. The summed E-state index contributed by atoms with van der Waals surface area (Å²) >= 11 is 0. The number of ether oxygens (including phenoxy) is 2. The molecule has 0 saturated carbocycles. The van der Waals surface area contributed by atoms with E-state index >= 15 is 0 Å². The second kappa shape index (κ2) is 35.4. The van der Waals surface area contributed by atoms with Crippen molar-refractivity contribution in [3.8, 4) is 0 Å². The molecule has 0 rings (SSSR count). The van der Waals surface area contributed by atoms with Gasteiger partial charge in [-0.1, -0.05) is 174 Å². The number of phosphoric acid groups is 1. The molecule has 3 atom stereocenters. The molecule has 4 N–H and O–H groups in total. The molecule has 10 nitrogen and oxygen atoms in total. The summed E-state index contributed by atoms with van der Waals surface area (Å²) in [5.74, 6) is -1.77. The fourth-order valence-corrected chi connectivity index (χ4v) is 6.50. The van der Waals surface area contributed by atoms with Crippen LogP contribution in [0.1, 0.15) is 194 Å². The number of carboxylic acids is 1. The lowest BCUT2D eigenvalue weighted by Crippen LogP contribution is -2.34. The summed E-state index contributed by atoms with van der Waals surface area (Å²) in [4.78, 5) is 33.4. The van der Waals surface area contributed by atoms with Crippen molar-refractivity contribution in [1.82, 2.24) is 0 Å². The molecule has 0 radical (unpaired) electrons. The van der Waals surface area contributed by atoms with E-state index in [1.54, 1.807) is 0 Å². The minimum absolute atomic E-state index is 0.0249. The first-order chi connectivity index (χ1) is 23.7. The Morgan fingerprint density at radius 3 is 1.35 bits per heavy atom. The number of hydrogen-bond acceptors (Lipinski definition) is 8. The van der Waals surface area contributed by atoms with Crippen molar-refractivity contribution in [2.24, 2.45) is 5.73 Å². The third-order valence-electron chi connectivity index (χ3n) is 8.89. The molecule has 0 spiro atoms. The van der Waals surface area contributed by atoms with Gasteiger partial charge in [0.2, 0.25) is 0 Å². The van der Waals surface area contributed by atoms with E-state index in [9.17, 15) is 19.0 Å². The molecule has 0 aromatic carbocycles. The number of nitrogens with two attached hydrogens (primary N) is 1. The van der Waals surface area contributed by atoms with Crippen LogP contribution in [0.25, 0.3) is 0 Å². The Balaban J connectivity index is 4.22. The lowest BCUT2D eigenvalue weighted by molar-refractivity contribution is -0.154. The van der Waals surface area contributed by atoms with Crippen molar-refractivity contribution in [1.29, 1.82) is 0 Å². The number of carboxylic acid groups (broad SMARTS) is 1. The molecule has 0 fully saturated rings. The van der Waals surface area contributed by atoms with Crippen LogP contribution in [0.15, 0.2) is 0 Å². The zero-order valence-electron chi connectivity index (χ0n) is 31.6. The summed E-state index contributed by atoms with van der Waals surface area (Å²) in [5.41, 5.74) is 5.34. The number of rotatable bonds is 39. The molecule has 11 heteroatoms. The molecule has 0 aliphatic rings. The van der Waals surface area contributed by atoms with E-state index in [1.165, 1.54) is 135 Å². The predicted octanol–water partition coefficient (Wildman–Crippen LogP) is 10.4. The van der Waals surface area contributed by atoms with Gasteiger partial charge in [-0.15, -0.1) is 0 Å². The van der Waals surface area contributed by atoms with Crippen LogP contribution in [0.3, 0.4) is 0 Å². The molecule has 0 aliphatic heterocycles. The van der Waals surface area contributed by atoms with Crippen molar-refractivity contribution >= 4 is 19.8 Å². The molecule has 0 amide bonds. The van der Waals surface area contributed by atoms with Crippen molar-refractivity contribution in [3.05, 3.63) is 0 Å². The van der Waals surface area contributed by atoms with Gasteiger partial charge >= 0.3 is 19.8 Å². The molecule has 0 aromatic rings. The van der Waals surface area contributed by atoms with E-state index in [1.807, 2.05) is 0 Å². The lowest BCUT2D eigenvalue weighted by atomic mass is 10.0. The first-order valence-electron chi connectivity index (χ1n) is 20.1.